The monoisotopic (exact) mass is 479 g/mol. The Kier molecular flexibility index (Phi) is 6.83. The highest BCUT2D eigenvalue weighted by molar-refractivity contribution is 7.17. The molecule has 0 radical (unpaired) electrons. The van der Waals surface area contributed by atoms with Crippen LogP contribution in [0, 0.1) is 6.92 Å². The number of esters is 1. The summed E-state index contributed by atoms with van der Waals surface area (Å²) in [4.78, 5) is 16.8. The first-order valence-corrected chi connectivity index (χ1v) is 11.4. The highest BCUT2D eigenvalue weighted by Gasteiger charge is 2.16. The van der Waals surface area contributed by atoms with Crippen LogP contribution >= 0.6 is 11.3 Å². The molecular weight excluding hydrogens is 454 g/mol. The lowest BCUT2D eigenvalue weighted by atomic mass is 10.1. The quantitative estimate of drug-likeness (QED) is 0.289. The van der Waals surface area contributed by atoms with Crippen molar-refractivity contribution in [3.05, 3.63) is 64.0 Å². The molecule has 4 aromatic rings. The molecular formula is C25H25N3O5S. The molecule has 9 heteroatoms. The maximum absolute atomic E-state index is 11.9. The standard InChI is InChI=1S/C25H25N3O5S/c1-6-15-7-9-19-17(11-15)18(27-28-25-26-14(2)23(34-25)24(29)32-5)13-21(33-19)16-8-10-20(30-3)22(12-16)31-4/h7-13H,6H2,1-5H3,(H,26,28). The second-order valence-corrected chi connectivity index (χ2v) is 8.40. The van der Waals surface area contributed by atoms with Crippen LogP contribution in [0.25, 0.3) is 22.3 Å². The predicted molar refractivity (Wildman–Crippen MR) is 132 cm³/mol. The van der Waals surface area contributed by atoms with Crippen molar-refractivity contribution in [1.29, 1.82) is 0 Å². The SMILES string of the molecule is CCc1ccc2oc(-c3ccc(OC)c(OC)c3)cc(=NNc3nc(C)c(C(=O)OC)s3)c2c1. The normalized spacial score (nSPS) is 11.5. The number of aryl methyl sites for hydroxylation is 2. The Morgan fingerprint density at radius 1 is 1.09 bits per heavy atom. The maximum Gasteiger partial charge on any atom is 0.350 e. The number of carbonyl (C=O) groups excluding carboxylic acids is 1. The third-order valence-electron chi connectivity index (χ3n) is 5.32. The average Bonchev–Trinajstić information content (AvgIpc) is 3.26. The number of nitrogens with one attached hydrogen (secondary N) is 1. The lowest BCUT2D eigenvalue weighted by Gasteiger charge is -2.10. The lowest BCUT2D eigenvalue weighted by Crippen LogP contribution is -2.08. The van der Waals surface area contributed by atoms with Crippen molar-refractivity contribution in [2.45, 2.75) is 20.3 Å². The highest BCUT2D eigenvalue weighted by Crippen LogP contribution is 2.33. The Morgan fingerprint density at radius 3 is 2.59 bits per heavy atom. The van der Waals surface area contributed by atoms with E-state index < -0.39 is 5.97 Å². The van der Waals surface area contributed by atoms with Gasteiger partial charge in [0.2, 0.25) is 5.13 Å². The van der Waals surface area contributed by atoms with E-state index in [2.05, 4.69) is 28.5 Å². The molecule has 0 amide bonds. The number of hydrogen-bond donors (Lipinski definition) is 1. The summed E-state index contributed by atoms with van der Waals surface area (Å²) in [5.74, 6) is 1.42. The van der Waals surface area contributed by atoms with Crippen LogP contribution in [0.5, 0.6) is 11.5 Å². The van der Waals surface area contributed by atoms with E-state index in [-0.39, 0.29) is 0 Å². The maximum atomic E-state index is 11.9. The minimum absolute atomic E-state index is 0.421. The van der Waals surface area contributed by atoms with Crippen LogP contribution in [-0.2, 0) is 11.2 Å². The van der Waals surface area contributed by atoms with Gasteiger partial charge in [0.25, 0.3) is 0 Å². The Hall–Kier alpha value is -3.85. The molecule has 8 nitrogen and oxygen atoms in total. The molecule has 34 heavy (non-hydrogen) atoms. The van der Waals surface area contributed by atoms with E-state index in [1.165, 1.54) is 18.4 Å². The van der Waals surface area contributed by atoms with E-state index in [9.17, 15) is 4.79 Å². The van der Waals surface area contributed by atoms with Crippen molar-refractivity contribution >= 4 is 33.4 Å². The van der Waals surface area contributed by atoms with Gasteiger partial charge in [-0.15, -0.1) is 0 Å². The number of benzene rings is 2. The number of rotatable bonds is 7. The highest BCUT2D eigenvalue weighted by atomic mass is 32.1. The lowest BCUT2D eigenvalue weighted by molar-refractivity contribution is 0.0605. The predicted octanol–water partition coefficient (Wildman–Crippen LogP) is 5.16. The fraction of sp³-hybridized carbons (Fsp3) is 0.240. The van der Waals surface area contributed by atoms with Crippen molar-refractivity contribution in [3.8, 4) is 22.8 Å². The molecule has 0 aliphatic rings. The zero-order chi connectivity index (χ0) is 24.2. The topological polar surface area (TPSA) is 95.2 Å². The second-order valence-electron chi connectivity index (χ2n) is 7.40. The Bertz CT molecular complexity index is 1420. The van der Waals surface area contributed by atoms with Crippen molar-refractivity contribution in [1.82, 2.24) is 4.98 Å². The van der Waals surface area contributed by atoms with Gasteiger partial charge in [0, 0.05) is 17.0 Å². The molecule has 2 aromatic carbocycles. The van der Waals surface area contributed by atoms with Gasteiger partial charge in [0.15, 0.2) is 11.5 Å². The molecule has 0 spiro atoms. The van der Waals surface area contributed by atoms with Crippen LogP contribution in [0.4, 0.5) is 5.13 Å². The average molecular weight is 480 g/mol. The fourth-order valence-electron chi connectivity index (χ4n) is 3.49. The molecule has 0 saturated carbocycles. The third-order valence-corrected chi connectivity index (χ3v) is 6.37. The third kappa shape index (κ3) is 4.60. The van der Waals surface area contributed by atoms with E-state index in [1.807, 2.05) is 36.4 Å². The summed E-state index contributed by atoms with van der Waals surface area (Å²) in [6.45, 7) is 3.85. The summed E-state index contributed by atoms with van der Waals surface area (Å²) >= 11 is 1.19. The number of anilines is 1. The zero-order valence-electron chi connectivity index (χ0n) is 19.6. The van der Waals surface area contributed by atoms with Gasteiger partial charge in [-0.25, -0.2) is 9.78 Å². The van der Waals surface area contributed by atoms with E-state index >= 15 is 0 Å². The van der Waals surface area contributed by atoms with Gasteiger partial charge in [-0.1, -0.05) is 24.3 Å². The van der Waals surface area contributed by atoms with Crippen LogP contribution in [0.3, 0.4) is 0 Å². The van der Waals surface area contributed by atoms with Crippen molar-refractivity contribution in [2.24, 2.45) is 5.10 Å². The van der Waals surface area contributed by atoms with Crippen LogP contribution in [-0.4, -0.2) is 32.3 Å². The summed E-state index contributed by atoms with van der Waals surface area (Å²) in [5.41, 5.74) is 6.24. The number of aromatic nitrogens is 1. The molecule has 0 aliphatic carbocycles. The first kappa shape index (κ1) is 23.3. The van der Waals surface area contributed by atoms with E-state index in [0.717, 1.165) is 22.9 Å². The second kappa shape index (κ2) is 9.96. The number of carbonyl (C=O) groups is 1. The smallest absolute Gasteiger partial charge is 0.350 e. The van der Waals surface area contributed by atoms with Crippen LogP contribution in [0.1, 0.15) is 27.9 Å². The van der Waals surface area contributed by atoms with Gasteiger partial charge < -0.3 is 18.6 Å². The molecule has 2 aromatic heterocycles. The van der Waals surface area contributed by atoms with Gasteiger partial charge in [0.05, 0.1) is 32.4 Å². The molecule has 0 aliphatic heterocycles. The van der Waals surface area contributed by atoms with E-state index in [0.29, 0.717) is 43.9 Å². The molecule has 1 N–H and O–H groups in total. The molecule has 0 saturated heterocycles. The number of methoxy groups -OCH3 is 3. The first-order chi connectivity index (χ1) is 16.5. The van der Waals surface area contributed by atoms with Gasteiger partial charge in [-0.2, -0.15) is 5.10 Å². The molecule has 0 atom stereocenters. The minimum atomic E-state index is -0.421. The molecule has 0 bridgehead atoms. The van der Waals surface area contributed by atoms with Crippen molar-refractivity contribution < 1.29 is 23.4 Å². The Balaban J connectivity index is 1.83. The van der Waals surface area contributed by atoms with Crippen molar-refractivity contribution in [3.63, 3.8) is 0 Å². The van der Waals surface area contributed by atoms with Crippen LogP contribution < -0.4 is 20.3 Å². The zero-order valence-corrected chi connectivity index (χ0v) is 20.4. The van der Waals surface area contributed by atoms with Gasteiger partial charge in [-0.05, 0) is 49.2 Å². The summed E-state index contributed by atoms with van der Waals surface area (Å²) in [6, 6.07) is 13.5. The van der Waals surface area contributed by atoms with Gasteiger partial charge >= 0.3 is 5.97 Å². The minimum Gasteiger partial charge on any atom is -0.493 e. The number of nitrogens with zero attached hydrogens (tertiary/aromatic N) is 2. The fourth-order valence-corrected chi connectivity index (χ4v) is 4.32. The summed E-state index contributed by atoms with van der Waals surface area (Å²) in [5, 5.41) is 6.64. The summed E-state index contributed by atoms with van der Waals surface area (Å²) < 4.78 is 21.8. The molecule has 176 valence electrons. The van der Waals surface area contributed by atoms with Crippen LogP contribution in [0.15, 0.2) is 52.0 Å². The molecule has 0 unspecified atom stereocenters. The van der Waals surface area contributed by atoms with E-state index in [1.54, 1.807) is 21.1 Å². The number of thiazole rings is 1. The summed E-state index contributed by atoms with van der Waals surface area (Å²) in [7, 11) is 4.53. The van der Waals surface area contributed by atoms with Gasteiger partial charge in [-0.3, -0.25) is 5.43 Å². The number of ether oxygens (including phenoxy) is 3. The largest absolute Gasteiger partial charge is 0.493 e. The molecule has 0 fully saturated rings. The Labute approximate surface area is 200 Å². The number of fused-ring (bicyclic) bond motifs is 1. The van der Waals surface area contributed by atoms with Crippen LogP contribution in [0.2, 0.25) is 0 Å². The van der Waals surface area contributed by atoms with E-state index in [4.69, 9.17) is 18.6 Å². The number of hydrogen-bond acceptors (Lipinski definition) is 9. The van der Waals surface area contributed by atoms with Crippen molar-refractivity contribution in [2.75, 3.05) is 26.8 Å². The molecule has 2 heterocycles. The first-order valence-electron chi connectivity index (χ1n) is 10.6. The summed E-state index contributed by atoms with van der Waals surface area (Å²) in [6.07, 6.45) is 0.883. The van der Waals surface area contributed by atoms with Gasteiger partial charge in [0.1, 0.15) is 16.2 Å². The molecule has 4 rings (SSSR count). The Morgan fingerprint density at radius 2 is 1.88 bits per heavy atom.